The lowest BCUT2D eigenvalue weighted by Gasteiger charge is -2.11. The number of hydrogen-bond acceptors (Lipinski definition) is 1. The molecule has 0 saturated carbocycles. The van der Waals surface area contributed by atoms with E-state index in [-0.39, 0.29) is 5.69 Å². The highest BCUT2D eigenvalue weighted by atomic mass is 35.5. The fourth-order valence-electron chi connectivity index (χ4n) is 1.28. The predicted molar refractivity (Wildman–Crippen MR) is 72.7 cm³/mol. The Balaban J connectivity index is 2.81. The summed E-state index contributed by atoms with van der Waals surface area (Å²) in [5.41, 5.74) is -0.0359. The smallest absolute Gasteiger partial charge is 0.314 e. The van der Waals surface area contributed by atoms with Crippen molar-refractivity contribution in [3.05, 3.63) is 40.6 Å². The fourth-order valence-corrected chi connectivity index (χ4v) is 1.50. The molecular weight excluding hydrogens is 293 g/mol. The number of carbonyl (C=O) groups excluding carboxylic acids is 1. The summed E-state index contributed by atoms with van der Waals surface area (Å²) in [4.78, 5) is 11.5. The van der Waals surface area contributed by atoms with E-state index in [4.69, 9.17) is 11.6 Å². The summed E-state index contributed by atoms with van der Waals surface area (Å²) in [6, 6.07) is 2.56. The van der Waals surface area contributed by atoms with Crippen LogP contribution in [0.3, 0.4) is 0 Å². The van der Waals surface area contributed by atoms with Gasteiger partial charge in [-0.3, -0.25) is 0 Å². The van der Waals surface area contributed by atoms with Gasteiger partial charge in [0, 0.05) is 11.9 Å². The van der Waals surface area contributed by atoms with E-state index in [2.05, 4.69) is 10.6 Å². The zero-order valence-corrected chi connectivity index (χ0v) is 11.7. The number of alkyl halides is 3. The lowest BCUT2D eigenvalue weighted by atomic mass is 10.2. The van der Waals surface area contributed by atoms with Gasteiger partial charge in [0.15, 0.2) is 0 Å². The van der Waals surface area contributed by atoms with Crippen LogP contribution in [0.4, 0.5) is 23.7 Å². The minimum absolute atomic E-state index is 0.0155. The number of nitrogens with one attached hydrogen (secondary N) is 2. The highest BCUT2D eigenvalue weighted by molar-refractivity contribution is 6.31. The molecule has 2 N–H and O–H groups in total. The van der Waals surface area contributed by atoms with E-state index in [0.29, 0.717) is 0 Å². The lowest BCUT2D eigenvalue weighted by molar-refractivity contribution is -0.137. The molecule has 0 aliphatic rings. The number of halogens is 4. The molecule has 0 bridgehead atoms. The largest absolute Gasteiger partial charge is 0.417 e. The van der Waals surface area contributed by atoms with Gasteiger partial charge in [0.05, 0.1) is 10.6 Å². The third-order valence-corrected chi connectivity index (χ3v) is 2.87. The molecule has 0 atom stereocenters. The van der Waals surface area contributed by atoms with Crippen molar-refractivity contribution < 1.29 is 18.0 Å². The number of anilines is 1. The van der Waals surface area contributed by atoms with Crippen LogP contribution in [0.5, 0.6) is 0 Å². The summed E-state index contributed by atoms with van der Waals surface area (Å²) in [7, 11) is 0. The van der Waals surface area contributed by atoms with E-state index >= 15 is 0 Å². The zero-order chi connectivity index (χ0) is 15.3. The summed E-state index contributed by atoms with van der Waals surface area (Å²) >= 11 is 5.48. The van der Waals surface area contributed by atoms with Crippen LogP contribution in [-0.2, 0) is 6.18 Å². The van der Waals surface area contributed by atoms with Gasteiger partial charge in [0.2, 0.25) is 0 Å². The number of urea groups is 1. The molecule has 3 nitrogen and oxygen atoms in total. The molecule has 0 aromatic heterocycles. The molecule has 20 heavy (non-hydrogen) atoms. The minimum atomic E-state index is -4.57. The van der Waals surface area contributed by atoms with E-state index in [1.165, 1.54) is 12.3 Å². The van der Waals surface area contributed by atoms with Crippen molar-refractivity contribution in [2.75, 3.05) is 5.32 Å². The van der Waals surface area contributed by atoms with Gasteiger partial charge < -0.3 is 10.6 Å². The van der Waals surface area contributed by atoms with Crippen molar-refractivity contribution in [2.45, 2.75) is 26.4 Å². The second kappa shape index (κ2) is 6.65. The van der Waals surface area contributed by atoms with Gasteiger partial charge in [-0.15, -0.1) is 0 Å². The number of carbonyl (C=O) groups is 1. The molecule has 7 heteroatoms. The first-order chi connectivity index (χ1) is 9.24. The molecule has 0 unspecified atom stereocenters. The van der Waals surface area contributed by atoms with Gasteiger partial charge in [-0.25, -0.2) is 4.79 Å². The van der Waals surface area contributed by atoms with Gasteiger partial charge in [-0.05, 0) is 31.5 Å². The minimum Gasteiger partial charge on any atom is -0.314 e. The van der Waals surface area contributed by atoms with E-state index in [0.717, 1.165) is 24.1 Å². The zero-order valence-electron chi connectivity index (χ0n) is 10.9. The first kappa shape index (κ1) is 16.4. The van der Waals surface area contributed by atoms with Crippen LogP contribution >= 0.6 is 11.6 Å². The third kappa shape index (κ3) is 4.77. The Morgan fingerprint density at radius 3 is 2.60 bits per heavy atom. The molecule has 1 rings (SSSR count). The molecule has 0 saturated heterocycles. The number of amides is 2. The quantitative estimate of drug-likeness (QED) is 0.828. The maximum atomic E-state index is 12.6. The third-order valence-electron chi connectivity index (χ3n) is 2.54. The Hall–Kier alpha value is -1.69. The van der Waals surface area contributed by atoms with Crippen molar-refractivity contribution in [3.63, 3.8) is 0 Å². The first-order valence-electron chi connectivity index (χ1n) is 5.84. The predicted octanol–water partition coefficient (Wildman–Crippen LogP) is 4.79. The van der Waals surface area contributed by atoms with Crippen molar-refractivity contribution in [1.82, 2.24) is 5.32 Å². The van der Waals surface area contributed by atoms with Crippen molar-refractivity contribution in [2.24, 2.45) is 0 Å². The molecule has 1 aromatic carbocycles. The number of hydrogen-bond donors (Lipinski definition) is 2. The summed E-state index contributed by atoms with van der Waals surface area (Å²) in [6.07, 6.45) is -2.31. The topological polar surface area (TPSA) is 41.1 Å². The van der Waals surface area contributed by atoms with E-state index in [1.54, 1.807) is 0 Å². The average Bonchev–Trinajstić information content (AvgIpc) is 2.37. The van der Waals surface area contributed by atoms with Crippen molar-refractivity contribution >= 4 is 23.3 Å². The number of allylic oxidation sites excluding steroid dienone is 1. The van der Waals surface area contributed by atoms with Crippen LogP contribution in [0.15, 0.2) is 30.0 Å². The maximum Gasteiger partial charge on any atom is 0.417 e. The Labute approximate surface area is 119 Å². The molecule has 1 aromatic rings. The highest BCUT2D eigenvalue weighted by Gasteiger charge is 2.33. The van der Waals surface area contributed by atoms with Gasteiger partial charge in [-0.1, -0.05) is 24.1 Å². The second-order valence-electron chi connectivity index (χ2n) is 4.14. The van der Waals surface area contributed by atoms with E-state index in [1.807, 2.05) is 13.8 Å². The van der Waals surface area contributed by atoms with Gasteiger partial charge in [0.1, 0.15) is 0 Å². The van der Waals surface area contributed by atoms with Crippen LogP contribution in [0, 0.1) is 0 Å². The number of rotatable bonds is 3. The molecule has 0 heterocycles. The second-order valence-corrected chi connectivity index (χ2v) is 4.54. The monoisotopic (exact) mass is 306 g/mol. The SMILES string of the molecule is CC/C(C)=C/NC(=O)Nc1ccc(Cl)c(C(F)(F)F)c1. The molecule has 0 spiro atoms. The van der Waals surface area contributed by atoms with Gasteiger partial charge >= 0.3 is 12.2 Å². The molecule has 110 valence electrons. The summed E-state index contributed by atoms with van der Waals surface area (Å²) < 4.78 is 37.9. The van der Waals surface area contributed by atoms with Crippen LogP contribution in [0.25, 0.3) is 0 Å². The average molecular weight is 307 g/mol. The Morgan fingerprint density at radius 2 is 2.05 bits per heavy atom. The van der Waals surface area contributed by atoms with Gasteiger partial charge in [0.25, 0.3) is 0 Å². The van der Waals surface area contributed by atoms with Gasteiger partial charge in [-0.2, -0.15) is 13.2 Å². The van der Waals surface area contributed by atoms with E-state index < -0.39 is 22.8 Å². The molecule has 0 aliphatic carbocycles. The standard InChI is InChI=1S/C13H14ClF3N2O/c1-3-8(2)7-18-12(20)19-9-4-5-11(14)10(6-9)13(15,16)17/h4-7H,3H2,1-2H3,(H2,18,19,20)/b8-7+. The van der Waals surface area contributed by atoms with Crippen molar-refractivity contribution in [1.29, 1.82) is 0 Å². The Morgan fingerprint density at radius 1 is 1.40 bits per heavy atom. The van der Waals surface area contributed by atoms with E-state index in [9.17, 15) is 18.0 Å². The first-order valence-corrected chi connectivity index (χ1v) is 6.21. The van der Waals surface area contributed by atoms with Crippen LogP contribution < -0.4 is 10.6 Å². The molecule has 0 fully saturated rings. The molecule has 0 radical (unpaired) electrons. The Kier molecular flexibility index (Phi) is 5.44. The van der Waals surface area contributed by atoms with Crippen LogP contribution in [-0.4, -0.2) is 6.03 Å². The summed E-state index contributed by atoms with van der Waals surface area (Å²) in [5.74, 6) is 0. The fraction of sp³-hybridized carbons (Fsp3) is 0.308. The Bertz CT molecular complexity index is 527. The van der Waals surface area contributed by atoms with Crippen molar-refractivity contribution in [3.8, 4) is 0 Å². The summed E-state index contributed by atoms with van der Waals surface area (Å²) in [5, 5.41) is 4.32. The molecular formula is C13H14ClF3N2O. The van der Waals surface area contributed by atoms with Crippen LogP contribution in [0.1, 0.15) is 25.8 Å². The number of benzene rings is 1. The lowest BCUT2D eigenvalue weighted by Crippen LogP contribution is -2.24. The molecule has 2 amide bonds. The molecule has 0 aliphatic heterocycles. The van der Waals surface area contributed by atoms with Crippen LogP contribution in [0.2, 0.25) is 5.02 Å². The maximum absolute atomic E-state index is 12.6. The highest BCUT2D eigenvalue weighted by Crippen LogP contribution is 2.36. The summed E-state index contributed by atoms with van der Waals surface area (Å²) in [6.45, 7) is 3.74. The normalized spacial score (nSPS) is 12.2.